The molecule has 0 atom stereocenters. The van der Waals surface area contributed by atoms with Crippen molar-refractivity contribution in [3.05, 3.63) is 22.2 Å². The zero-order valence-corrected chi connectivity index (χ0v) is 14.4. The summed E-state index contributed by atoms with van der Waals surface area (Å²) in [5, 5.41) is 0. The van der Waals surface area contributed by atoms with Gasteiger partial charge in [-0.2, -0.15) is 0 Å². The second kappa shape index (κ2) is 5.42. The predicted octanol–water partition coefficient (Wildman–Crippen LogP) is 3.01. The van der Waals surface area contributed by atoms with E-state index in [1.54, 1.807) is 20.0 Å². The summed E-state index contributed by atoms with van der Waals surface area (Å²) >= 11 is 3.30. The van der Waals surface area contributed by atoms with Gasteiger partial charge in [0.05, 0.1) is 4.90 Å². The molecule has 1 aromatic carbocycles. The molecule has 0 amide bonds. The number of aryl methyl sites for hydroxylation is 1. The fraction of sp³-hybridized carbons (Fsp3) is 0.538. The molecule has 0 heterocycles. The Morgan fingerprint density at radius 3 is 2.32 bits per heavy atom. The van der Waals surface area contributed by atoms with Gasteiger partial charge in [-0.3, -0.25) is 0 Å². The summed E-state index contributed by atoms with van der Waals surface area (Å²) in [6.07, 6.45) is 0. The maximum Gasteiger partial charge on any atom is 0.243 e. The molecule has 0 fully saturated rings. The minimum atomic E-state index is -3.51. The molecule has 0 radical (unpaired) electrons. The van der Waals surface area contributed by atoms with Crippen LogP contribution in [0.5, 0.6) is 0 Å². The van der Waals surface area contributed by atoms with E-state index in [9.17, 15) is 8.42 Å². The van der Waals surface area contributed by atoms with E-state index in [4.69, 9.17) is 5.73 Å². The predicted molar refractivity (Wildman–Crippen MR) is 82.6 cm³/mol. The van der Waals surface area contributed by atoms with Crippen LogP contribution < -0.4 is 5.73 Å². The molecule has 0 unspecified atom stereocenters. The lowest BCUT2D eigenvalue weighted by atomic mass is 9.97. The van der Waals surface area contributed by atoms with Crippen molar-refractivity contribution < 1.29 is 8.42 Å². The van der Waals surface area contributed by atoms with Crippen LogP contribution in [0.1, 0.15) is 26.3 Å². The first-order valence-electron chi connectivity index (χ1n) is 5.97. The van der Waals surface area contributed by atoms with Crippen molar-refractivity contribution in [2.45, 2.75) is 32.6 Å². The molecule has 0 spiro atoms. The van der Waals surface area contributed by atoms with Crippen LogP contribution in [0.4, 0.5) is 5.69 Å². The summed E-state index contributed by atoms with van der Waals surface area (Å²) < 4.78 is 27.2. The molecule has 4 nitrogen and oxygen atoms in total. The number of halogens is 1. The fourth-order valence-electron chi connectivity index (χ4n) is 1.87. The first kappa shape index (κ1) is 16.5. The van der Waals surface area contributed by atoms with Crippen LogP contribution in [0.25, 0.3) is 0 Å². The third kappa shape index (κ3) is 3.94. The topological polar surface area (TPSA) is 63.4 Å². The molecule has 6 heteroatoms. The molecule has 1 aromatic rings. The number of hydrogen-bond acceptors (Lipinski definition) is 3. The van der Waals surface area contributed by atoms with Gasteiger partial charge in [0.1, 0.15) is 0 Å². The van der Waals surface area contributed by atoms with Crippen molar-refractivity contribution >= 4 is 31.6 Å². The van der Waals surface area contributed by atoms with Gasteiger partial charge >= 0.3 is 0 Å². The van der Waals surface area contributed by atoms with E-state index in [1.165, 1.54) is 10.4 Å². The van der Waals surface area contributed by atoms with Crippen molar-refractivity contribution in [1.82, 2.24) is 4.31 Å². The van der Waals surface area contributed by atoms with Crippen LogP contribution in [0, 0.1) is 12.3 Å². The Morgan fingerprint density at radius 1 is 1.32 bits per heavy atom. The van der Waals surface area contributed by atoms with Crippen LogP contribution in [0.3, 0.4) is 0 Å². The molecule has 0 aliphatic rings. The summed E-state index contributed by atoms with van der Waals surface area (Å²) in [7, 11) is -1.91. The van der Waals surface area contributed by atoms with Gasteiger partial charge < -0.3 is 5.73 Å². The van der Waals surface area contributed by atoms with Gasteiger partial charge in [-0.1, -0.05) is 20.8 Å². The van der Waals surface area contributed by atoms with Gasteiger partial charge in [0.2, 0.25) is 10.0 Å². The number of anilines is 1. The van der Waals surface area contributed by atoms with E-state index in [0.29, 0.717) is 22.3 Å². The van der Waals surface area contributed by atoms with Gasteiger partial charge in [-0.25, -0.2) is 12.7 Å². The third-order valence-electron chi connectivity index (χ3n) is 2.68. The molecular weight excluding hydrogens is 328 g/mol. The summed E-state index contributed by atoms with van der Waals surface area (Å²) in [5.74, 6) is 0. The van der Waals surface area contributed by atoms with E-state index in [1.807, 2.05) is 20.8 Å². The van der Waals surface area contributed by atoms with Crippen LogP contribution in [0.2, 0.25) is 0 Å². The highest BCUT2D eigenvalue weighted by Gasteiger charge is 2.27. The molecule has 1 rings (SSSR count). The molecule has 0 aliphatic heterocycles. The van der Waals surface area contributed by atoms with Crippen LogP contribution >= 0.6 is 15.9 Å². The Balaban J connectivity index is 3.25. The number of nitrogen functional groups attached to an aromatic ring is 1. The highest BCUT2D eigenvalue weighted by molar-refractivity contribution is 9.10. The molecule has 108 valence electrons. The van der Waals surface area contributed by atoms with Crippen molar-refractivity contribution in [3.63, 3.8) is 0 Å². The van der Waals surface area contributed by atoms with E-state index in [0.717, 1.165) is 0 Å². The quantitative estimate of drug-likeness (QED) is 0.854. The van der Waals surface area contributed by atoms with Crippen molar-refractivity contribution in [2.24, 2.45) is 5.41 Å². The molecule has 0 bridgehead atoms. The van der Waals surface area contributed by atoms with Gasteiger partial charge in [0.25, 0.3) is 0 Å². The molecule has 0 saturated carbocycles. The second-order valence-corrected chi connectivity index (χ2v) is 8.83. The fourth-order valence-corrected chi connectivity index (χ4v) is 3.96. The monoisotopic (exact) mass is 348 g/mol. The largest absolute Gasteiger partial charge is 0.398 e. The highest BCUT2D eigenvalue weighted by Crippen LogP contribution is 2.29. The van der Waals surface area contributed by atoms with Crippen LogP contribution in [-0.2, 0) is 10.0 Å². The summed E-state index contributed by atoms with van der Waals surface area (Å²) in [6.45, 7) is 8.22. The Labute approximate surface area is 124 Å². The zero-order valence-electron chi connectivity index (χ0n) is 12.0. The van der Waals surface area contributed by atoms with Crippen molar-refractivity contribution in [2.75, 3.05) is 19.3 Å². The lowest BCUT2D eigenvalue weighted by Gasteiger charge is -2.26. The molecule has 0 aromatic heterocycles. The minimum Gasteiger partial charge on any atom is -0.398 e. The van der Waals surface area contributed by atoms with Crippen molar-refractivity contribution in [3.8, 4) is 0 Å². The Hall–Kier alpha value is -0.590. The van der Waals surface area contributed by atoms with E-state index < -0.39 is 10.0 Å². The number of nitrogens with two attached hydrogens (primary N) is 1. The zero-order chi connectivity index (χ0) is 15.0. The Kier molecular flexibility index (Phi) is 4.70. The maximum atomic E-state index is 12.5. The highest BCUT2D eigenvalue weighted by atomic mass is 79.9. The van der Waals surface area contributed by atoms with Gasteiger partial charge in [0, 0.05) is 23.8 Å². The molecule has 19 heavy (non-hydrogen) atoms. The Morgan fingerprint density at radius 2 is 1.84 bits per heavy atom. The summed E-state index contributed by atoms with van der Waals surface area (Å²) in [4.78, 5) is 0.264. The maximum absolute atomic E-state index is 12.5. The lowest BCUT2D eigenvalue weighted by molar-refractivity contribution is 0.310. The van der Waals surface area contributed by atoms with Crippen LogP contribution in [-0.4, -0.2) is 26.3 Å². The molecular formula is C13H21BrN2O2S. The van der Waals surface area contributed by atoms with Crippen molar-refractivity contribution in [1.29, 1.82) is 0 Å². The molecule has 2 N–H and O–H groups in total. The van der Waals surface area contributed by atoms with E-state index in [-0.39, 0.29) is 10.3 Å². The standard InChI is InChI=1S/C13H21BrN2O2S/c1-9-6-10(14)11(15)7-12(9)19(17,18)16(5)8-13(2,3)4/h6-7H,8,15H2,1-5H3. The minimum absolute atomic E-state index is 0.101. The second-order valence-electron chi connectivity index (χ2n) is 5.96. The molecule has 0 saturated heterocycles. The van der Waals surface area contributed by atoms with Gasteiger partial charge in [0.15, 0.2) is 0 Å². The number of nitrogens with zero attached hydrogens (tertiary/aromatic N) is 1. The normalized spacial score (nSPS) is 13.0. The van der Waals surface area contributed by atoms with Gasteiger partial charge in [-0.15, -0.1) is 0 Å². The van der Waals surface area contributed by atoms with E-state index in [2.05, 4.69) is 15.9 Å². The lowest BCUT2D eigenvalue weighted by Crippen LogP contribution is -2.34. The van der Waals surface area contributed by atoms with Crippen LogP contribution in [0.15, 0.2) is 21.5 Å². The Bertz CT molecular complexity index is 577. The number of hydrogen-bond donors (Lipinski definition) is 1. The van der Waals surface area contributed by atoms with E-state index >= 15 is 0 Å². The smallest absolute Gasteiger partial charge is 0.243 e. The number of rotatable bonds is 3. The SMILES string of the molecule is Cc1cc(Br)c(N)cc1S(=O)(=O)N(C)CC(C)(C)C. The first-order valence-corrected chi connectivity index (χ1v) is 8.20. The number of sulfonamides is 1. The molecule has 0 aliphatic carbocycles. The third-order valence-corrected chi connectivity index (χ3v) is 5.31. The van der Waals surface area contributed by atoms with Gasteiger partial charge in [-0.05, 0) is 46.0 Å². The summed E-state index contributed by atoms with van der Waals surface area (Å²) in [6, 6.07) is 3.24. The first-order chi connectivity index (χ1) is 8.45. The summed E-state index contributed by atoms with van der Waals surface area (Å²) in [5.41, 5.74) is 6.79. The average Bonchev–Trinajstić information content (AvgIpc) is 2.20. The average molecular weight is 349 g/mol. The number of benzene rings is 1.